The number of rotatable bonds is 6. The van der Waals surface area contributed by atoms with Crippen molar-refractivity contribution in [2.24, 2.45) is 0 Å². The Balaban J connectivity index is 1.67. The van der Waals surface area contributed by atoms with Gasteiger partial charge in [-0.1, -0.05) is 23.7 Å². The lowest BCUT2D eigenvalue weighted by atomic mass is 10.1. The minimum Gasteiger partial charge on any atom is -0.360 e. The molecule has 0 aliphatic carbocycles. The van der Waals surface area contributed by atoms with Crippen molar-refractivity contribution in [1.29, 1.82) is 0 Å². The van der Waals surface area contributed by atoms with Crippen LogP contribution in [0.15, 0.2) is 77.1 Å². The largest absolute Gasteiger partial charge is 0.430 e. The molecule has 2 aromatic carbocycles. The molecule has 1 aliphatic rings. The maximum absolute atomic E-state index is 13.1. The van der Waals surface area contributed by atoms with Gasteiger partial charge in [0.2, 0.25) is 0 Å². The van der Waals surface area contributed by atoms with E-state index in [1.165, 1.54) is 12.1 Å². The predicted molar refractivity (Wildman–Crippen MR) is 126 cm³/mol. The Bertz CT molecular complexity index is 1300. The fourth-order valence-electron chi connectivity index (χ4n) is 3.56. The average Bonchev–Trinajstić information content (AvgIpc) is 3.11. The molecular formula is C23H19ClF6N4S. The highest BCUT2D eigenvalue weighted by Crippen LogP contribution is 2.36. The highest BCUT2D eigenvalue weighted by molar-refractivity contribution is 7.98. The standard InChI is InChI=1S/C23H19ClF6N4S/c1-31-11-13-12-34(35-16-4-2-3-14(9-16)22(25,26)27)19-10-15(5-6-17(13)19)32-18-7-8-20(23(28,29)30)33-21(18)24/h2-10,12,21,31-33H,11H2,1H3. The zero-order valence-electron chi connectivity index (χ0n) is 18.1. The van der Waals surface area contributed by atoms with Crippen molar-refractivity contribution in [3.05, 3.63) is 83.3 Å². The molecule has 0 saturated heterocycles. The van der Waals surface area contributed by atoms with Crippen molar-refractivity contribution in [2.45, 2.75) is 29.3 Å². The summed E-state index contributed by atoms with van der Waals surface area (Å²) in [5, 5.41) is 9.17. The molecule has 1 aliphatic heterocycles. The predicted octanol–water partition coefficient (Wildman–Crippen LogP) is 6.85. The first kappa shape index (κ1) is 25.3. The Kier molecular flexibility index (Phi) is 7.03. The van der Waals surface area contributed by atoms with Crippen molar-refractivity contribution in [3.63, 3.8) is 0 Å². The summed E-state index contributed by atoms with van der Waals surface area (Å²) in [5.74, 6) is 0. The van der Waals surface area contributed by atoms with E-state index in [1.807, 2.05) is 12.3 Å². The SMILES string of the molecule is CNCc1cn(Sc2cccc(C(F)(F)F)c2)c2cc(NC3=CC=C(C(F)(F)F)NC3Cl)ccc12. The first-order chi connectivity index (χ1) is 16.5. The number of alkyl halides is 7. The summed E-state index contributed by atoms with van der Waals surface area (Å²) in [6.07, 6.45) is -5.01. The van der Waals surface area contributed by atoms with Crippen molar-refractivity contribution >= 4 is 40.1 Å². The molecule has 0 bridgehead atoms. The van der Waals surface area contributed by atoms with E-state index >= 15 is 0 Å². The number of nitrogens with zero attached hydrogens (tertiary/aromatic N) is 1. The fourth-order valence-corrected chi connectivity index (χ4v) is 4.78. The number of hydrogen-bond donors (Lipinski definition) is 3. The number of fused-ring (bicyclic) bond motifs is 1. The molecule has 4 rings (SSSR count). The molecule has 1 aromatic heterocycles. The van der Waals surface area contributed by atoms with Crippen LogP contribution < -0.4 is 16.0 Å². The van der Waals surface area contributed by atoms with E-state index < -0.39 is 29.1 Å². The molecule has 186 valence electrons. The van der Waals surface area contributed by atoms with Crippen LogP contribution in [0.4, 0.5) is 32.0 Å². The Hall–Kier alpha value is -2.76. The smallest absolute Gasteiger partial charge is 0.360 e. The van der Waals surface area contributed by atoms with Gasteiger partial charge in [0, 0.05) is 28.7 Å². The second kappa shape index (κ2) is 9.71. The van der Waals surface area contributed by atoms with Gasteiger partial charge in [-0.15, -0.1) is 0 Å². The zero-order valence-corrected chi connectivity index (χ0v) is 19.6. The molecule has 1 unspecified atom stereocenters. The van der Waals surface area contributed by atoms with Crippen LogP contribution in [0, 0.1) is 0 Å². The number of aromatic nitrogens is 1. The number of anilines is 1. The van der Waals surface area contributed by atoms with E-state index in [1.54, 1.807) is 29.2 Å². The summed E-state index contributed by atoms with van der Waals surface area (Å²) in [4.78, 5) is 0.399. The van der Waals surface area contributed by atoms with E-state index in [9.17, 15) is 26.3 Å². The van der Waals surface area contributed by atoms with E-state index in [2.05, 4.69) is 16.0 Å². The second-order valence-corrected chi connectivity index (χ2v) is 9.18. The van der Waals surface area contributed by atoms with Crippen molar-refractivity contribution in [3.8, 4) is 0 Å². The number of benzene rings is 2. The Morgan fingerprint density at radius 3 is 2.46 bits per heavy atom. The minimum absolute atomic E-state index is 0.318. The molecular weight excluding hydrogens is 514 g/mol. The van der Waals surface area contributed by atoms with E-state index in [0.29, 0.717) is 28.3 Å². The second-order valence-electron chi connectivity index (χ2n) is 7.69. The van der Waals surface area contributed by atoms with Crippen molar-refractivity contribution in [2.75, 3.05) is 12.4 Å². The van der Waals surface area contributed by atoms with Gasteiger partial charge in [0.1, 0.15) is 11.2 Å². The Labute approximate surface area is 206 Å². The molecule has 2 heterocycles. The van der Waals surface area contributed by atoms with Gasteiger partial charge in [-0.05, 0) is 67.0 Å². The van der Waals surface area contributed by atoms with Crippen LogP contribution in [0.25, 0.3) is 10.9 Å². The van der Waals surface area contributed by atoms with Gasteiger partial charge < -0.3 is 16.0 Å². The lowest BCUT2D eigenvalue weighted by Crippen LogP contribution is -2.36. The maximum Gasteiger partial charge on any atom is 0.430 e. The van der Waals surface area contributed by atoms with Crippen molar-refractivity contribution < 1.29 is 26.3 Å². The monoisotopic (exact) mass is 532 g/mol. The van der Waals surface area contributed by atoms with Crippen LogP contribution in [0.3, 0.4) is 0 Å². The van der Waals surface area contributed by atoms with Crippen LogP contribution in [0.2, 0.25) is 0 Å². The first-order valence-electron chi connectivity index (χ1n) is 10.3. The number of nitrogens with one attached hydrogen (secondary N) is 3. The number of allylic oxidation sites excluding steroid dienone is 3. The number of halogens is 7. The van der Waals surface area contributed by atoms with Gasteiger partial charge in [0.25, 0.3) is 0 Å². The summed E-state index contributed by atoms with van der Waals surface area (Å²) in [7, 11) is 1.78. The fraction of sp³-hybridized carbons (Fsp3) is 0.217. The molecule has 12 heteroatoms. The lowest BCUT2D eigenvalue weighted by molar-refractivity contribution is -0.137. The zero-order chi connectivity index (χ0) is 25.4. The molecule has 4 nitrogen and oxygen atoms in total. The third-order valence-corrected chi connectivity index (χ3v) is 6.47. The molecule has 1 atom stereocenters. The molecule has 35 heavy (non-hydrogen) atoms. The normalized spacial score (nSPS) is 16.6. The van der Waals surface area contributed by atoms with Gasteiger partial charge in [0.15, 0.2) is 0 Å². The van der Waals surface area contributed by atoms with Crippen LogP contribution >= 0.6 is 23.5 Å². The third-order valence-electron chi connectivity index (χ3n) is 5.17. The van der Waals surface area contributed by atoms with Gasteiger partial charge in [-0.3, -0.25) is 3.97 Å². The van der Waals surface area contributed by atoms with Gasteiger partial charge in [-0.25, -0.2) is 0 Å². The summed E-state index contributed by atoms with van der Waals surface area (Å²) in [6.45, 7) is 0.531. The van der Waals surface area contributed by atoms with Crippen LogP contribution in [-0.4, -0.2) is 22.7 Å². The Morgan fingerprint density at radius 2 is 1.80 bits per heavy atom. The highest BCUT2D eigenvalue weighted by atomic mass is 35.5. The minimum atomic E-state index is -4.54. The van der Waals surface area contributed by atoms with Crippen LogP contribution in [0.1, 0.15) is 11.1 Å². The molecule has 0 spiro atoms. The van der Waals surface area contributed by atoms with Gasteiger partial charge in [-0.2, -0.15) is 26.3 Å². The summed E-state index contributed by atoms with van der Waals surface area (Å²) < 4.78 is 79.9. The first-order valence-corrected chi connectivity index (χ1v) is 11.5. The van der Waals surface area contributed by atoms with E-state index in [4.69, 9.17) is 11.6 Å². The van der Waals surface area contributed by atoms with Gasteiger partial charge in [0.05, 0.1) is 16.8 Å². The van der Waals surface area contributed by atoms with Crippen molar-refractivity contribution in [1.82, 2.24) is 14.6 Å². The van der Waals surface area contributed by atoms with E-state index in [-0.39, 0.29) is 0 Å². The lowest BCUT2D eigenvalue weighted by Gasteiger charge is -2.25. The number of dihydropyridines is 1. The summed E-state index contributed by atoms with van der Waals surface area (Å²) in [5.41, 5.74) is -0.296. The average molecular weight is 533 g/mol. The molecule has 3 aromatic rings. The quantitative estimate of drug-likeness (QED) is 0.185. The third kappa shape index (κ3) is 5.74. The number of hydrogen-bond acceptors (Lipinski definition) is 4. The van der Waals surface area contributed by atoms with Crippen LogP contribution in [-0.2, 0) is 12.7 Å². The topological polar surface area (TPSA) is 41.0 Å². The molecule has 0 fully saturated rings. The maximum atomic E-state index is 13.1. The highest BCUT2D eigenvalue weighted by Gasteiger charge is 2.36. The van der Waals surface area contributed by atoms with Gasteiger partial charge >= 0.3 is 12.4 Å². The molecule has 0 saturated carbocycles. The summed E-state index contributed by atoms with van der Waals surface area (Å²) >= 11 is 7.22. The molecule has 0 amide bonds. The molecule has 3 N–H and O–H groups in total. The van der Waals surface area contributed by atoms with Crippen LogP contribution in [0.5, 0.6) is 0 Å². The molecule has 0 radical (unpaired) electrons. The van der Waals surface area contributed by atoms with E-state index in [0.717, 1.165) is 41.1 Å². The Morgan fingerprint density at radius 1 is 1.03 bits per heavy atom. The summed E-state index contributed by atoms with van der Waals surface area (Å²) in [6, 6.07) is 10.4.